The van der Waals surface area contributed by atoms with Gasteiger partial charge in [0, 0.05) is 30.1 Å². The van der Waals surface area contributed by atoms with Gasteiger partial charge in [-0.3, -0.25) is 14.3 Å². The minimum Gasteiger partial charge on any atom is -0.435 e. The molecule has 3 aromatic heterocycles. The van der Waals surface area contributed by atoms with E-state index in [0.29, 0.717) is 45.2 Å². The number of ether oxygens (including phenoxy) is 1. The molecule has 0 bridgehead atoms. The van der Waals surface area contributed by atoms with Crippen molar-refractivity contribution in [3.63, 3.8) is 0 Å². The van der Waals surface area contributed by atoms with E-state index in [1.807, 2.05) is 30.7 Å². The number of nitrogens with zero attached hydrogens (tertiary/aromatic N) is 4. The highest BCUT2D eigenvalue weighted by Crippen LogP contribution is 2.29. The van der Waals surface area contributed by atoms with Crippen molar-refractivity contribution < 1.29 is 13.5 Å². The van der Waals surface area contributed by atoms with Crippen LogP contribution < -0.4 is 10.3 Å². The van der Waals surface area contributed by atoms with Gasteiger partial charge in [-0.25, -0.2) is 4.98 Å². The predicted molar refractivity (Wildman–Crippen MR) is 127 cm³/mol. The van der Waals surface area contributed by atoms with Crippen LogP contribution >= 0.6 is 11.6 Å². The fraction of sp³-hybridized carbons (Fsp3) is 0.160. The van der Waals surface area contributed by atoms with Gasteiger partial charge in [-0.15, -0.1) is 0 Å². The van der Waals surface area contributed by atoms with Crippen LogP contribution in [0.2, 0.25) is 5.02 Å². The third-order valence-electron chi connectivity index (χ3n) is 5.78. The molecule has 0 radical (unpaired) electrons. The molecule has 0 atom stereocenters. The van der Waals surface area contributed by atoms with E-state index in [4.69, 9.17) is 16.6 Å². The molecule has 0 aliphatic rings. The van der Waals surface area contributed by atoms with Crippen LogP contribution in [0.1, 0.15) is 17.1 Å². The fourth-order valence-electron chi connectivity index (χ4n) is 4.19. The molecule has 0 fully saturated rings. The Kier molecular flexibility index (Phi) is 5.53. The van der Waals surface area contributed by atoms with Gasteiger partial charge in [-0.2, -0.15) is 8.78 Å². The molecule has 0 saturated heterocycles. The summed E-state index contributed by atoms with van der Waals surface area (Å²) in [5.74, 6) is 0.743. The summed E-state index contributed by atoms with van der Waals surface area (Å²) in [6.45, 7) is -1.04. The highest BCUT2D eigenvalue weighted by Gasteiger charge is 2.20. The molecular formula is C25H19ClF2N4O2. The minimum atomic E-state index is -2.88. The van der Waals surface area contributed by atoms with Gasteiger partial charge < -0.3 is 9.30 Å². The number of benzene rings is 2. The molecule has 34 heavy (non-hydrogen) atoms. The molecule has 0 N–H and O–H groups in total. The maximum atomic E-state index is 13.7. The molecule has 0 aliphatic heterocycles. The summed E-state index contributed by atoms with van der Waals surface area (Å²) in [5.41, 5.74) is 3.61. The van der Waals surface area contributed by atoms with Crippen LogP contribution in [-0.4, -0.2) is 25.7 Å². The van der Waals surface area contributed by atoms with Crippen LogP contribution in [0.4, 0.5) is 8.78 Å². The Morgan fingerprint density at radius 1 is 1.12 bits per heavy atom. The third kappa shape index (κ3) is 3.80. The third-order valence-corrected chi connectivity index (χ3v) is 6.02. The van der Waals surface area contributed by atoms with Crippen molar-refractivity contribution in [2.45, 2.75) is 20.0 Å². The molecule has 9 heteroatoms. The first kappa shape index (κ1) is 22.0. The Bertz CT molecular complexity index is 1590. The van der Waals surface area contributed by atoms with Crippen molar-refractivity contribution in [2.24, 2.45) is 7.05 Å². The van der Waals surface area contributed by atoms with Gasteiger partial charge in [0.2, 0.25) is 0 Å². The molecule has 2 aromatic carbocycles. The number of pyridine rings is 2. The zero-order valence-electron chi connectivity index (χ0n) is 18.3. The van der Waals surface area contributed by atoms with Crippen LogP contribution in [0.5, 0.6) is 5.75 Å². The Hall–Kier alpha value is -3.78. The molecule has 6 nitrogen and oxygen atoms in total. The van der Waals surface area contributed by atoms with Crippen molar-refractivity contribution in [1.29, 1.82) is 0 Å². The van der Waals surface area contributed by atoms with E-state index in [2.05, 4.69) is 9.72 Å². The number of fused-ring (bicyclic) bond motifs is 3. The maximum absolute atomic E-state index is 13.7. The van der Waals surface area contributed by atoms with Crippen LogP contribution in [0.3, 0.4) is 0 Å². The predicted octanol–water partition coefficient (Wildman–Crippen LogP) is 5.43. The summed E-state index contributed by atoms with van der Waals surface area (Å²) in [5, 5.41) is 1.33. The summed E-state index contributed by atoms with van der Waals surface area (Å²) in [6, 6.07) is 15.4. The van der Waals surface area contributed by atoms with E-state index >= 15 is 0 Å². The van der Waals surface area contributed by atoms with E-state index in [9.17, 15) is 13.6 Å². The van der Waals surface area contributed by atoms with E-state index in [-0.39, 0.29) is 11.3 Å². The SMILES string of the molecule is Cc1ncccc1-n1c(=O)c2nc(Cc3ccc(OC(F)F)cc3)n(C)c2c2ccc(Cl)cc21. The zero-order chi connectivity index (χ0) is 24.0. The van der Waals surface area contributed by atoms with Gasteiger partial charge in [-0.05, 0) is 55.0 Å². The lowest BCUT2D eigenvalue weighted by Gasteiger charge is -2.14. The second kappa shape index (κ2) is 8.53. The molecule has 0 amide bonds. The van der Waals surface area contributed by atoms with Crippen molar-refractivity contribution in [3.05, 3.63) is 93.3 Å². The zero-order valence-corrected chi connectivity index (χ0v) is 19.1. The number of alkyl halides is 2. The Labute approximate surface area is 198 Å². The number of rotatable bonds is 5. The van der Waals surface area contributed by atoms with Crippen LogP contribution in [0.15, 0.2) is 65.6 Å². The fourth-order valence-corrected chi connectivity index (χ4v) is 4.35. The Morgan fingerprint density at radius 2 is 1.88 bits per heavy atom. The normalized spacial score (nSPS) is 11.6. The first-order valence-corrected chi connectivity index (χ1v) is 10.9. The topological polar surface area (TPSA) is 61.9 Å². The van der Waals surface area contributed by atoms with E-state index in [1.54, 1.807) is 41.1 Å². The second-order valence-electron chi connectivity index (χ2n) is 7.89. The average Bonchev–Trinajstić information content (AvgIpc) is 3.12. The van der Waals surface area contributed by atoms with Gasteiger partial charge in [0.25, 0.3) is 5.56 Å². The Balaban J connectivity index is 1.70. The quantitative estimate of drug-likeness (QED) is 0.337. The number of aromatic nitrogens is 4. The molecule has 0 spiro atoms. The maximum Gasteiger partial charge on any atom is 0.387 e. The number of hydrogen-bond donors (Lipinski definition) is 0. The van der Waals surface area contributed by atoms with E-state index in [0.717, 1.165) is 10.9 Å². The van der Waals surface area contributed by atoms with Crippen molar-refractivity contribution in [3.8, 4) is 11.4 Å². The van der Waals surface area contributed by atoms with Crippen molar-refractivity contribution in [2.75, 3.05) is 0 Å². The molecule has 0 unspecified atom stereocenters. The second-order valence-corrected chi connectivity index (χ2v) is 8.33. The minimum absolute atomic E-state index is 0.0846. The van der Waals surface area contributed by atoms with Gasteiger partial charge in [-0.1, -0.05) is 23.7 Å². The van der Waals surface area contributed by atoms with E-state index in [1.165, 1.54) is 12.1 Å². The average molecular weight is 481 g/mol. The summed E-state index contributed by atoms with van der Waals surface area (Å²) < 4.78 is 32.8. The highest BCUT2D eigenvalue weighted by molar-refractivity contribution is 6.31. The summed E-state index contributed by atoms with van der Waals surface area (Å²) in [7, 11) is 1.85. The summed E-state index contributed by atoms with van der Waals surface area (Å²) in [4.78, 5) is 22.7. The number of halogens is 3. The van der Waals surface area contributed by atoms with Crippen LogP contribution in [-0.2, 0) is 13.5 Å². The summed E-state index contributed by atoms with van der Waals surface area (Å²) in [6.07, 6.45) is 2.08. The van der Waals surface area contributed by atoms with E-state index < -0.39 is 6.61 Å². The number of hydrogen-bond acceptors (Lipinski definition) is 4. The number of imidazole rings is 1. The lowest BCUT2D eigenvalue weighted by Crippen LogP contribution is -2.20. The molecule has 0 saturated carbocycles. The molecule has 3 heterocycles. The van der Waals surface area contributed by atoms with Crippen LogP contribution in [0.25, 0.3) is 27.6 Å². The smallest absolute Gasteiger partial charge is 0.387 e. The first-order chi connectivity index (χ1) is 16.3. The lowest BCUT2D eigenvalue weighted by molar-refractivity contribution is -0.0498. The van der Waals surface area contributed by atoms with Gasteiger partial charge in [0.05, 0.1) is 22.4 Å². The first-order valence-electron chi connectivity index (χ1n) is 10.5. The van der Waals surface area contributed by atoms with Crippen LogP contribution in [0, 0.1) is 6.92 Å². The molecular weight excluding hydrogens is 462 g/mol. The Morgan fingerprint density at radius 3 is 2.59 bits per heavy atom. The molecule has 172 valence electrons. The van der Waals surface area contributed by atoms with Crippen molar-refractivity contribution in [1.82, 2.24) is 19.1 Å². The summed E-state index contributed by atoms with van der Waals surface area (Å²) >= 11 is 6.31. The largest absolute Gasteiger partial charge is 0.435 e. The van der Waals surface area contributed by atoms with Crippen molar-refractivity contribution >= 4 is 33.5 Å². The van der Waals surface area contributed by atoms with Gasteiger partial charge in [0.15, 0.2) is 5.52 Å². The molecule has 0 aliphatic carbocycles. The monoisotopic (exact) mass is 480 g/mol. The van der Waals surface area contributed by atoms with Gasteiger partial charge in [0.1, 0.15) is 11.6 Å². The lowest BCUT2D eigenvalue weighted by atomic mass is 10.1. The highest BCUT2D eigenvalue weighted by atomic mass is 35.5. The molecule has 5 rings (SSSR count). The van der Waals surface area contributed by atoms with Gasteiger partial charge >= 0.3 is 6.61 Å². The molecule has 5 aromatic rings. The standard InChI is InChI=1S/C25H19ClF2N4O2/c1-14-19(4-3-11-29-14)32-20-13-16(26)7-10-18(20)23-22(24(32)33)30-21(31(23)2)12-15-5-8-17(9-6-15)34-25(27)28/h3-11,13,25H,12H2,1-2H3. The number of aryl methyl sites for hydroxylation is 2.